The van der Waals surface area contributed by atoms with E-state index in [0.29, 0.717) is 0 Å². The van der Waals surface area contributed by atoms with Crippen LogP contribution in [-0.4, -0.2) is 17.2 Å². The minimum atomic E-state index is -0.995. The summed E-state index contributed by atoms with van der Waals surface area (Å²) in [6.45, 7) is 2.24. The van der Waals surface area contributed by atoms with Crippen molar-refractivity contribution >= 4 is 26.8 Å². The molecule has 1 atom stereocenters. The topological polar surface area (TPSA) is 37.3 Å². The molecular weight excluding hydrogens is 255 g/mol. The van der Waals surface area contributed by atoms with E-state index >= 15 is 0 Å². The van der Waals surface area contributed by atoms with Crippen LogP contribution < -0.4 is 0 Å². The van der Waals surface area contributed by atoms with E-state index in [2.05, 4.69) is 16.2 Å². The molecule has 2 nitrogen and oxygen atoms in total. The van der Waals surface area contributed by atoms with Crippen LogP contribution in [0, 0.1) is 0 Å². The van der Waals surface area contributed by atoms with Gasteiger partial charge in [0, 0.05) is 0 Å². The highest BCUT2D eigenvalue weighted by atomic mass is 35.5. The molecule has 1 N–H and O–H groups in total. The highest BCUT2D eigenvalue weighted by Crippen LogP contribution is 2.13. The van der Waals surface area contributed by atoms with E-state index in [1.807, 2.05) is 0 Å². The van der Waals surface area contributed by atoms with Gasteiger partial charge in [0.25, 0.3) is 0 Å². The summed E-state index contributed by atoms with van der Waals surface area (Å²) in [5.41, 5.74) is 0.143. The van der Waals surface area contributed by atoms with E-state index in [1.165, 1.54) is 37.9 Å². The smallest absolute Gasteiger partial charge is 0.337 e. The van der Waals surface area contributed by atoms with Gasteiger partial charge in [-0.15, -0.1) is 9.24 Å². The Morgan fingerprint density at radius 3 is 2.35 bits per heavy atom. The Hall–Kier alpha value is -0.590. The van der Waals surface area contributed by atoms with Crippen molar-refractivity contribution in [3.63, 3.8) is 0 Å². The van der Waals surface area contributed by atoms with Crippen LogP contribution in [-0.2, 0) is 0 Å². The van der Waals surface area contributed by atoms with Crippen LogP contribution in [0.4, 0.5) is 0 Å². The van der Waals surface area contributed by atoms with Gasteiger partial charge in [0.15, 0.2) is 0 Å². The lowest BCUT2D eigenvalue weighted by molar-refractivity contribution is 0.0697. The lowest BCUT2D eigenvalue weighted by atomic mass is 10.2. The molecule has 0 saturated carbocycles. The first-order valence-corrected chi connectivity index (χ1v) is 7.00. The Morgan fingerprint density at radius 1 is 1.29 bits per heavy atom. The van der Waals surface area contributed by atoms with Gasteiger partial charge in [-0.3, -0.25) is 0 Å². The van der Waals surface area contributed by atoms with Gasteiger partial charge in [0.2, 0.25) is 0 Å². The van der Waals surface area contributed by atoms with E-state index in [-0.39, 0.29) is 10.6 Å². The maximum absolute atomic E-state index is 10.3. The van der Waals surface area contributed by atoms with Gasteiger partial charge in [0.05, 0.1) is 10.6 Å². The molecule has 0 bridgehead atoms. The summed E-state index contributed by atoms with van der Waals surface area (Å²) in [6.07, 6.45) is 6.84. The molecular formula is C13H20ClO2P. The Bertz CT molecular complexity index is 325. The van der Waals surface area contributed by atoms with Crippen molar-refractivity contribution in [2.45, 2.75) is 32.6 Å². The van der Waals surface area contributed by atoms with Gasteiger partial charge in [-0.05, 0) is 24.7 Å². The van der Waals surface area contributed by atoms with Crippen LogP contribution in [0.25, 0.3) is 0 Å². The second-order valence-electron chi connectivity index (χ2n) is 3.63. The van der Waals surface area contributed by atoms with Gasteiger partial charge in [-0.2, -0.15) is 0 Å². The SMILES string of the molecule is CCCCCCP.O=C(O)c1ccccc1Cl. The fraction of sp³-hybridized carbons (Fsp3) is 0.462. The van der Waals surface area contributed by atoms with E-state index < -0.39 is 5.97 Å². The van der Waals surface area contributed by atoms with Crippen LogP contribution in [0.2, 0.25) is 5.02 Å². The van der Waals surface area contributed by atoms with Crippen LogP contribution in [0.3, 0.4) is 0 Å². The van der Waals surface area contributed by atoms with Gasteiger partial charge in [-0.25, -0.2) is 4.79 Å². The van der Waals surface area contributed by atoms with Gasteiger partial charge in [-0.1, -0.05) is 49.9 Å². The normalized spacial score (nSPS) is 9.35. The summed E-state index contributed by atoms with van der Waals surface area (Å²) >= 11 is 5.54. The number of carboxylic acid groups (broad SMARTS) is 1. The molecule has 4 heteroatoms. The highest BCUT2D eigenvalue weighted by molar-refractivity contribution is 7.16. The molecule has 1 aromatic carbocycles. The van der Waals surface area contributed by atoms with Crippen molar-refractivity contribution in [1.29, 1.82) is 0 Å². The third kappa shape index (κ3) is 8.18. The fourth-order valence-corrected chi connectivity index (χ4v) is 1.71. The lowest BCUT2D eigenvalue weighted by Gasteiger charge is -1.94. The molecule has 0 saturated heterocycles. The van der Waals surface area contributed by atoms with Crippen LogP contribution >= 0.6 is 20.8 Å². The molecule has 0 aromatic heterocycles. The molecule has 0 amide bonds. The van der Waals surface area contributed by atoms with Gasteiger partial charge >= 0.3 is 5.97 Å². The van der Waals surface area contributed by atoms with Crippen molar-refractivity contribution in [1.82, 2.24) is 0 Å². The molecule has 0 radical (unpaired) electrons. The predicted octanol–water partition coefficient (Wildman–Crippen LogP) is 4.48. The summed E-state index contributed by atoms with van der Waals surface area (Å²) in [6, 6.07) is 6.33. The first-order chi connectivity index (χ1) is 8.13. The average Bonchev–Trinajstić information content (AvgIpc) is 2.31. The Kier molecular flexibility index (Phi) is 10.2. The number of rotatable bonds is 5. The van der Waals surface area contributed by atoms with Crippen molar-refractivity contribution in [2.75, 3.05) is 6.16 Å². The summed E-state index contributed by atoms with van der Waals surface area (Å²) in [5, 5.41) is 8.75. The number of carboxylic acids is 1. The zero-order chi connectivity index (χ0) is 13.1. The number of benzene rings is 1. The van der Waals surface area contributed by atoms with Crippen LogP contribution in [0.15, 0.2) is 24.3 Å². The fourth-order valence-electron chi connectivity index (χ4n) is 1.21. The molecule has 0 fully saturated rings. The number of halogens is 1. The quantitative estimate of drug-likeness (QED) is 0.635. The number of hydrogen-bond acceptors (Lipinski definition) is 1. The van der Waals surface area contributed by atoms with Crippen molar-refractivity contribution in [3.8, 4) is 0 Å². The lowest BCUT2D eigenvalue weighted by Crippen LogP contribution is -1.95. The van der Waals surface area contributed by atoms with E-state index in [1.54, 1.807) is 18.2 Å². The standard InChI is InChI=1S/C7H5ClO2.C6H15P/c8-6-4-2-1-3-5(6)7(9)10;1-2-3-4-5-6-7/h1-4H,(H,9,10);2-7H2,1H3. The summed E-state index contributed by atoms with van der Waals surface area (Å²) in [5.74, 6) is -0.995. The second kappa shape index (κ2) is 10.6. The predicted molar refractivity (Wildman–Crippen MR) is 77.1 cm³/mol. The van der Waals surface area contributed by atoms with E-state index in [9.17, 15) is 4.79 Å². The van der Waals surface area contributed by atoms with Crippen molar-refractivity contribution in [3.05, 3.63) is 34.9 Å². The molecule has 0 aliphatic rings. The third-order valence-corrected chi connectivity index (χ3v) is 2.90. The number of carbonyl (C=O) groups is 1. The zero-order valence-corrected chi connectivity index (χ0v) is 12.1. The first-order valence-electron chi connectivity index (χ1n) is 5.81. The minimum Gasteiger partial charge on any atom is -0.478 e. The largest absolute Gasteiger partial charge is 0.478 e. The molecule has 0 heterocycles. The summed E-state index contributed by atoms with van der Waals surface area (Å²) in [7, 11) is 2.75. The second-order valence-corrected chi connectivity index (χ2v) is 4.62. The van der Waals surface area contributed by atoms with Gasteiger partial charge in [0.1, 0.15) is 0 Å². The summed E-state index contributed by atoms with van der Waals surface area (Å²) in [4.78, 5) is 10.3. The van der Waals surface area contributed by atoms with Crippen molar-refractivity contribution in [2.24, 2.45) is 0 Å². The van der Waals surface area contributed by atoms with E-state index in [0.717, 1.165) is 0 Å². The minimum absolute atomic E-state index is 0.143. The molecule has 0 spiro atoms. The molecule has 1 unspecified atom stereocenters. The molecule has 17 heavy (non-hydrogen) atoms. The molecule has 0 aliphatic carbocycles. The Balaban J connectivity index is 0.000000325. The highest BCUT2D eigenvalue weighted by Gasteiger charge is 2.04. The maximum atomic E-state index is 10.3. The first kappa shape index (κ1) is 16.4. The average molecular weight is 275 g/mol. The van der Waals surface area contributed by atoms with Gasteiger partial charge < -0.3 is 5.11 Å². The molecule has 1 aromatic rings. The molecule has 1 rings (SSSR count). The van der Waals surface area contributed by atoms with Crippen LogP contribution in [0.5, 0.6) is 0 Å². The van der Waals surface area contributed by atoms with E-state index in [4.69, 9.17) is 16.7 Å². The Morgan fingerprint density at radius 2 is 1.94 bits per heavy atom. The monoisotopic (exact) mass is 274 g/mol. The zero-order valence-electron chi connectivity index (χ0n) is 10.2. The third-order valence-electron chi connectivity index (χ3n) is 2.16. The van der Waals surface area contributed by atoms with Crippen molar-refractivity contribution < 1.29 is 9.90 Å². The van der Waals surface area contributed by atoms with Crippen LogP contribution in [0.1, 0.15) is 43.0 Å². The number of aromatic carboxylic acids is 1. The molecule has 96 valence electrons. The number of hydrogen-bond donors (Lipinski definition) is 1. The maximum Gasteiger partial charge on any atom is 0.337 e. The summed E-state index contributed by atoms with van der Waals surface area (Å²) < 4.78 is 0. The number of unbranched alkanes of at least 4 members (excludes halogenated alkanes) is 3. The molecule has 0 aliphatic heterocycles. The Labute approximate surface area is 111 Å².